The van der Waals surface area contributed by atoms with Gasteiger partial charge in [0.25, 0.3) is 0 Å². The van der Waals surface area contributed by atoms with Gasteiger partial charge in [0.05, 0.1) is 0 Å². The molecule has 0 heterocycles. The summed E-state index contributed by atoms with van der Waals surface area (Å²) in [5, 5.41) is 3.25. The van der Waals surface area contributed by atoms with E-state index in [0.29, 0.717) is 12.0 Å². The highest BCUT2D eigenvalue weighted by atomic mass is 19.2. The fourth-order valence-corrected chi connectivity index (χ4v) is 3.61. The lowest BCUT2D eigenvalue weighted by Crippen LogP contribution is -2.33. The zero-order chi connectivity index (χ0) is 15.5. The zero-order valence-electron chi connectivity index (χ0n) is 12.8. The van der Waals surface area contributed by atoms with Crippen molar-refractivity contribution in [1.82, 2.24) is 5.32 Å². The zero-order valence-corrected chi connectivity index (χ0v) is 12.8. The number of rotatable bonds is 6. The van der Waals surface area contributed by atoms with Gasteiger partial charge in [0.1, 0.15) is 5.82 Å². The molecule has 1 aromatic carbocycles. The topological polar surface area (TPSA) is 12.0 Å². The molecule has 4 heteroatoms. The SMILES string of the molecule is CC(C)CC1(CNCc2cc(F)c(F)cc2F)CCCC1. The van der Waals surface area contributed by atoms with E-state index in [1.807, 2.05) is 0 Å². The van der Waals surface area contributed by atoms with E-state index in [4.69, 9.17) is 0 Å². The van der Waals surface area contributed by atoms with Crippen molar-refractivity contribution in [3.05, 3.63) is 35.1 Å². The van der Waals surface area contributed by atoms with Crippen LogP contribution in [0.5, 0.6) is 0 Å². The molecule has 0 aliphatic heterocycles. The van der Waals surface area contributed by atoms with Crippen LogP contribution in [-0.4, -0.2) is 6.54 Å². The van der Waals surface area contributed by atoms with E-state index in [-0.39, 0.29) is 17.5 Å². The molecule has 1 N–H and O–H groups in total. The maximum Gasteiger partial charge on any atom is 0.161 e. The summed E-state index contributed by atoms with van der Waals surface area (Å²) < 4.78 is 39.7. The minimum absolute atomic E-state index is 0.187. The lowest BCUT2D eigenvalue weighted by atomic mass is 9.78. The molecule has 1 aliphatic rings. The molecule has 0 unspecified atom stereocenters. The predicted octanol–water partition coefficient (Wildman–Crippen LogP) is 4.80. The normalized spacial score (nSPS) is 17.6. The molecule has 1 aliphatic carbocycles. The molecule has 0 saturated heterocycles. The fraction of sp³-hybridized carbons (Fsp3) is 0.647. The van der Waals surface area contributed by atoms with Crippen molar-refractivity contribution in [2.24, 2.45) is 11.3 Å². The van der Waals surface area contributed by atoms with Crippen LogP contribution in [0.4, 0.5) is 13.2 Å². The third-order valence-corrected chi connectivity index (χ3v) is 4.41. The monoisotopic (exact) mass is 299 g/mol. The standard InChI is InChI=1S/C17H24F3N/c1-12(2)9-17(5-3-4-6-17)11-21-10-13-7-15(19)16(20)8-14(13)18/h7-8,12,21H,3-6,9-11H2,1-2H3. The summed E-state index contributed by atoms with van der Waals surface area (Å²) in [5.41, 5.74) is 0.468. The lowest BCUT2D eigenvalue weighted by Gasteiger charge is -2.31. The third kappa shape index (κ3) is 4.22. The molecule has 2 rings (SSSR count). The Labute approximate surface area is 124 Å². The van der Waals surface area contributed by atoms with E-state index >= 15 is 0 Å². The van der Waals surface area contributed by atoms with Crippen LogP contribution in [0.15, 0.2) is 12.1 Å². The van der Waals surface area contributed by atoms with Crippen LogP contribution in [0.2, 0.25) is 0 Å². The van der Waals surface area contributed by atoms with Crippen molar-refractivity contribution >= 4 is 0 Å². The minimum Gasteiger partial charge on any atom is -0.312 e. The quantitative estimate of drug-likeness (QED) is 0.744. The highest BCUT2D eigenvalue weighted by molar-refractivity contribution is 5.20. The highest BCUT2D eigenvalue weighted by Gasteiger charge is 2.33. The summed E-state index contributed by atoms with van der Waals surface area (Å²) in [4.78, 5) is 0. The van der Waals surface area contributed by atoms with Crippen LogP contribution in [0.3, 0.4) is 0 Å². The van der Waals surface area contributed by atoms with E-state index in [2.05, 4.69) is 19.2 Å². The summed E-state index contributed by atoms with van der Waals surface area (Å²) in [7, 11) is 0. The van der Waals surface area contributed by atoms with Crippen molar-refractivity contribution < 1.29 is 13.2 Å². The molecule has 1 nitrogen and oxygen atoms in total. The Kier molecular flexibility index (Phi) is 5.31. The average Bonchev–Trinajstić information content (AvgIpc) is 2.83. The summed E-state index contributed by atoms with van der Waals surface area (Å²) in [5.74, 6) is -2.19. The van der Waals surface area contributed by atoms with Gasteiger partial charge in [-0.05, 0) is 36.7 Å². The molecule has 0 bridgehead atoms. The van der Waals surface area contributed by atoms with E-state index in [1.54, 1.807) is 0 Å². The van der Waals surface area contributed by atoms with Gasteiger partial charge in [0.15, 0.2) is 11.6 Å². The smallest absolute Gasteiger partial charge is 0.161 e. The minimum atomic E-state index is -1.14. The van der Waals surface area contributed by atoms with Gasteiger partial charge in [-0.2, -0.15) is 0 Å². The molecule has 0 spiro atoms. The number of hydrogen-bond donors (Lipinski definition) is 1. The second-order valence-corrected chi connectivity index (χ2v) is 6.77. The van der Waals surface area contributed by atoms with E-state index in [0.717, 1.165) is 19.0 Å². The largest absolute Gasteiger partial charge is 0.312 e. The second-order valence-electron chi connectivity index (χ2n) is 6.77. The summed E-state index contributed by atoms with van der Waals surface area (Å²) in [6, 6.07) is 1.56. The first kappa shape index (κ1) is 16.3. The van der Waals surface area contributed by atoms with Crippen LogP contribution in [0, 0.1) is 28.8 Å². The van der Waals surface area contributed by atoms with Gasteiger partial charge < -0.3 is 5.32 Å². The van der Waals surface area contributed by atoms with Crippen LogP contribution >= 0.6 is 0 Å². The van der Waals surface area contributed by atoms with Crippen molar-refractivity contribution in [2.45, 2.75) is 52.5 Å². The first-order valence-corrected chi connectivity index (χ1v) is 7.76. The van der Waals surface area contributed by atoms with Crippen molar-refractivity contribution in [3.8, 4) is 0 Å². The Morgan fingerprint density at radius 3 is 2.29 bits per heavy atom. The first-order chi connectivity index (χ1) is 9.92. The molecule has 0 aromatic heterocycles. The van der Waals surface area contributed by atoms with Crippen LogP contribution in [-0.2, 0) is 6.54 Å². The van der Waals surface area contributed by atoms with E-state index in [9.17, 15) is 13.2 Å². The van der Waals surface area contributed by atoms with Crippen LogP contribution in [0.25, 0.3) is 0 Å². The Bertz CT molecular complexity index is 479. The maximum atomic E-state index is 13.6. The Morgan fingerprint density at radius 1 is 1.05 bits per heavy atom. The number of halogens is 3. The average molecular weight is 299 g/mol. The maximum absolute atomic E-state index is 13.6. The molecule has 0 radical (unpaired) electrons. The van der Waals surface area contributed by atoms with E-state index in [1.165, 1.54) is 25.7 Å². The molecular formula is C17H24F3N. The lowest BCUT2D eigenvalue weighted by molar-refractivity contribution is 0.223. The molecule has 118 valence electrons. The fourth-order valence-electron chi connectivity index (χ4n) is 3.61. The Hall–Kier alpha value is -1.03. The van der Waals surface area contributed by atoms with Gasteiger partial charge in [0.2, 0.25) is 0 Å². The molecule has 1 fully saturated rings. The molecule has 1 saturated carbocycles. The number of hydrogen-bond acceptors (Lipinski definition) is 1. The van der Waals surface area contributed by atoms with Gasteiger partial charge >= 0.3 is 0 Å². The van der Waals surface area contributed by atoms with Crippen molar-refractivity contribution in [1.29, 1.82) is 0 Å². The Morgan fingerprint density at radius 2 is 1.67 bits per heavy atom. The van der Waals surface area contributed by atoms with E-state index < -0.39 is 17.5 Å². The summed E-state index contributed by atoms with van der Waals surface area (Å²) in [6.07, 6.45) is 6.03. The third-order valence-electron chi connectivity index (χ3n) is 4.41. The highest BCUT2D eigenvalue weighted by Crippen LogP contribution is 2.42. The first-order valence-electron chi connectivity index (χ1n) is 7.76. The van der Waals surface area contributed by atoms with Gasteiger partial charge in [-0.1, -0.05) is 26.7 Å². The van der Waals surface area contributed by atoms with Crippen molar-refractivity contribution in [3.63, 3.8) is 0 Å². The van der Waals surface area contributed by atoms with Gasteiger partial charge in [0, 0.05) is 24.7 Å². The predicted molar refractivity (Wildman–Crippen MR) is 78.4 cm³/mol. The van der Waals surface area contributed by atoms with Gasteiger partial charge in [-0.3, -0.25) is 0 Å². The number of benzene rings is 1. The molecule has 0 amide bonds. The molecule has 21 heavy (non-hydrogen) atoms. The number of nitrogens with one attached hydrogen (secondary N) is 1. The van der Waals surface area contributed by atoms with Crippen LogP contribution in [0.1, 0.15) is 51.5 Å². The Balaban J connectivity index is 1.95. The van der Waals surface area contributed by atoms with Crippen LogP contribution < -0.4 is 5.32 Å². The summed E-state index contributed by atoms with van der Waals surface area (Å²) in [6.45, 7) is 5.48. The molecule has 0 atom stereocenters. The second kappa shape index (κ2) is 6.82. The van der Waals surface area contributed by atoms with Gasteiger partial charge in [-0.15, -0.1) is 0 Å². The summed E-state index contributed by atoms with van der Waals surface area (Å²) >= 11 is 0. The molecule has 1 aromatic rings. The molecular weight excluding hydrogens is 275 g/mol. The van der Waals surface area contributed by atoms with Crippen molar-refractivity contribution in [2.75, 3.05) is 6.54 Å². The van der Waals surface area contributed by atoms with Gasteiger partial charge in [-0.25, -0.2) is 13.2 Å².